The molecule has 0 unspecified atom stereocenters. The van der Waals surface area contributed by atoms with Crippen molar-refractivity contribution in [2.24, 2.45) is 0 Å². The summed E-state index contributed by atoms with van der Waals surface area (Å²) in [5, 5.41) is 3.02. The van der Waals surface area contributed by atoms with Crippen LogP contribution in [-0.4, -0.2) is 28.0 Å². The Morgan fingerprint density at radius 1 is 0.919 bits per heavy atom. The van der Waals surface area contributed by atoms with E-state index in [9.17, 15) is 13.2 Å². The minimum absolute atomic E-state index is 0.146. The minimum Gasteiger partial charge on any atom is -0.496 e. The molecule has 198 valence electrons. The van der Waals surface area contributed by atoms with E-state index in [4.69, 9.17) is 4.74 Å². The van der Waals surface area contributed by atoms with E-state index in [0.29, 0.717) is 5.69 Å². The fourth-order valence-electron chi connectivity index (χ4n) is 4.45. The number of carbonyl (C=O) groups excluding carboxylic acids is 1. The fraction of sp³-hybridized carbons (Fsp3) is 0.367. The Hall–Kier alpha value is -3.32. The molecule has 1 atom stereocenters. The second-order valence-electron chi connectivity index (χ2n) is 9.94. The minimum atomic E-state index is -3.98. The number of amides is 1. The summed E-state index contributed by atoms with van der Waals surface area (Å²) >= 11 is 0. The quantitative estimate of drug-likeness (QED) is 0.367. The van der Waals surface area contributed by atoms with Gasteiger partial charge in [-0.15, -0.1) is 0 Å². The molecule has 0 saturated carbocycles. The maximum Gasteiger partial charge on any atom is 0.264 e. The third-order valence-electron chi connectivity index (χ3n) is 6.83. The number of methoxy groups -OCH3 is 1. The lowest BCUT2D eigenvalue weighted by molar-refractivity contribution is -0.120. The summed E-state index contributed by atoms with van der Waals surface area (Å²) in [6.45, 7) is 13.4. The SMILES string of the molecule is COc1cc(C)c([C@H](C)NC(=O)CN(c2cccc(C)c2C)S(=O)(=O)c2ccc(C)cc2)cc1C(C)C. The highest BCUT2D eigenvalue weighted by atomic mass is 32.2. The van der Waals surface area contributed by atoms with E-state index >= 15 is 0 Å². The molecule has 0 fully saturated rings. The highest BCUT2D eigenvalue weighted by molar-refractivity contribution is 7.92. The lowest BCUT2D eigenvalue weighted by Gasteiger charge is -2.27. The van der Waals surface area contributed by atoms with Crippen LogP contribution in [0.5, 0.6) is 5.75 Å². The number of benzene rings is 3. The monoisotopic (exact) mass is 522 g/mol. The number of hydrogen-bond acceptors (Lipinski definition) is 4. The Kier molecular flexibility index (Phi) is 8.69. The van der Waals surface area contributed by atoms with Crippen LogP contribution in [0.3, 0.4) is 0 Å². The van der Waals surface area contributed by atoms with Crippen molar-refractivity contribution >= 4 is 21.6 Å². The van der Waals surface area contributed by atoms with Gasteiger partial charge < -0.3 is 10.1 Å². The number of carbonyl (C=O) groups is 1. The number of ether oxygens (including phenoxy) is 1. The van der Waals surface area contributed by atoms with Crippen molar-refractivity contribution in [1.29, 1.82) is 0 Å². The largest absolute Gasteiger partial charge is 0.496 e. The van der Waals surface area contributed by atoms with Crippen LogP contribution in [0.1, 0.15) is 66.1 Å². The summed E-state index contributed by atoms with van der Waals surface area (Å²) < 4.78 is 34.3. The van der Waals surface area contributed by atoms with Crippen LogP contribution in [0.4, 0.5) is 5.69 Å². The van der Waals surface area contributed by atoms with Gasteiger partial charge in [-0.05, 0) is 98.7 Å². The average molecular weight is 523 g/mol. The zero-order valence-corrected chi connectivity index (χ0v) is 23.9. The van der Waals surface area contributed by atoms with Gasteiger partial charge in [-0.3, -0.25) is 9.10 Å². The van der Waals surface area contributed by atoms with E-state index in [0.717, 1.165) is 39.1 Å². The standard InChI is InChI=1S/C30H38N2O4S/c1-19(2)26-17-27(22(5)16-29(26)36-8)24(7)31-30(33)18-32(28-11-9-10-21(4)23(28)6)37(34,35)25-14-12-20(3)13-15-25/h9-17,19,24H,18H2,1-8H3,(H,31,33)/t24-/m0/s1. The van der Waals surface area contributed by atoms with Gasteiger partial charge in [-0.2, -0.15) is 0 Å². The van der Waals surface area contributed by atoms with Gasteiger partial charge in [0, 0.05) is 0 Å². The molecule has 0 aliphatic heterocycles. The Morgan fingerprint density at radius 2 is 1.57 bits per heavy atom. The molecule has 0 aromatic heterocycles. The zero-order chi connectivity index (χ0) is 27.5. The number of aryl methyl sites for hydroxylation is 3. The molecule has 3 rings (SSSR count). The number of rotatable bonds is 9. The van der Waals surface area contributed by atoms with Crippen molar-refractivity contribution in [1.82, 2.24) is 5.32 Å². The van der Waals surface area contributed by atoms with Crippen LogP contribution in [0.2, 0.25) is 0 Å². The smallest absolute Gasteiger partial charge is 0.264 e. The molecule has 3 aromatic carbocycles. The summed E-state index contributed by atoms with van der Waals surface area (Å²) in [7, 11) is -2.33. The maximum atomic E-state index is 13.8. The zero-order valence-electron chi connectivity index (χ0n) is 23.0. The highest BCUT2D eigenvalue weighted by Crippen LogP contribution is 2.32. The lowest BCUT2D eigenvalue weighted by Crippen LogP contribution is -2.42. The van der Waals surface area contributed by atoms with E-state index < -0.39 is 10.0 Å². The van der Waals surface area contributed by atoms with Crippen LogP contribution < -0.4 is 14.4 Å². The van der Waals surface area contributed by atoms with Gasteiger partial charge in [0.1, 0.15) is 12.3 Å². The Morgan fingerprint density at radius 3 is 2.16 bits per heavy atom. The maximum absolute atomic E-state index is 13.8. The molecule has 1 N–H and O–H groups in total. The van der Waals surface area contributed by atoms with E-state index in [-0.39, 0.29) is 29.3 Å². The van der Waals surface area contributed by atoms with Crippen LogP contribution in [0.15, 0.2) is 59.5 Å². The molecular formula is C30H38N2O4S. The molecule has 0 heterocycles. The second kappa shape index (κ2) is 11.4. The highest BCUT2D eigenvalue weighted by Gasteiger charge is 2.29. The first-order chi connectivity index (χ1) is 17.4. The van der Waals surface area contributed by atoms with Crippen molar-refractivity contribution in [3.8, 4) is 5.75 Å². The summed E-state index contributed by atoms with van der Waals surface area (Å²) in [5.74, 6) is 0.683. The Labute approximate surface area is 221 Å². The van der Waals surface area contributed by atoms with Gasteiger partial charge in [0.15, 0.2) is 0 Å². The van der Waals surface area contributed by atoms with Gasteiger partial charge in [0.25, 0.3) is 10.0 Å². The predicted octanol–water partition coefficient (Wildman–Crippen LogP) is 6.12. The van der Waals surface area contributed by atoms with Crippen molar-refractivity contribution in [3.63, 3.8) is 0 Å². The average Bonchev–Trinajstić information content (AvgIpc) is 2.84. The molecular weight excluding hydrogens is 484 g/mol. The number of anilines is 1. The lowest BCUT2D eigenvalue weighted by atomic mass is 9.93. The molecule has 1 amide bonds. The molecule has 3 aromatic rings. The molecule has 0 aliphatic carbocycles. The van der Waals surface area contributed by atoms with E-state index in [2.05, 4.69) is 25.2 Å². The van der Waals surface area contributed by atoms with Gasteiger partial charge in [-0.1, -0.05) is 43.7 Å². The molecule has 6 nitrogen and oxygen atoms in total. The predicted molar refractivity (Wildman–Crippen MR) is 150 cm³/mol. The van der Waals surface area contributed by atoms with Gasteiger partial charge in [0.05, 0.1) is 23.7 Å². The van der Waals surface area contributed by atoms with Crippen LogP contribution in [0, 0.1) is 27.7 Å². The van der Waals surface area contributed by atoms with Crippen molar-refractivity contribution in [2.45, 2.75) is 65.3 Å². The first kappa shape index (κ1) is 28.3. The molecule has 0 saturated heterocycles. The van der Waals surface area contributed by atoms with Crippen LogP contribution in [0.25, 0.3) is 0 Å². The third-order valence-corrected chi connectivity index (χ3v) is 8.60. The van der Waals surface area contributed by atoms with Gasteiger partial charge in [0.2, 0.25) is 5.91 Å². The molecule has 0 bridgehead atoms. The first-order valence-electron chi connectivity index (χ1n) is 12.5. The summed E-state index contributed by atoms with van der Waals surface area (Å²) in [5.41, 5.74) is 6.23. The number of nitrogens with zero attached hydrogens (tertiary/aromatic N) is 1. The topological polar surface area (TPSA) is 75.7 Å². The van der Waals surface area contributed by atoms with Crippen molar-refractivity contribution < 1.29 is 17.9 Å². The molecule has 0 aliphatic rings. The van der Waals surface area contributed by atoms with E-state index in [1.165, 1.54) is 4.31 Å². The Bertz CT molecular complexity index is 1380. The fourth-order valence-corrected chi connectivity index (χ4v) is 5.93. The summed E-state index contributed by atoms with van der Waals surface area (Å²) in [6.07, 6.45) is 0. The summed E-state index contributed by atoms with van der Waals surface area (Å²) in [4.78, 5) is 13.5. The van der Waals surface area contributed by atoms with Crippen LogP contribution >= 0.6 is 0 Å². The second-order valence-corrected chi connectivity index (χ2v) is 11.8. The molecule has 0 radical (unpaired) electrons. The number of hydrogen-bond donors (Lipinski definition) is 1. The Balaban J connectivity index is 1.96. The van der Waals surface area contributed by atoms with Gasteiger partial charge >= 0.3 is 0 Å². The van der Waals surface area contributed by atoms with Gasteiger partial charge in [-0.25, -0.2) is 8.42 Å². The number of nitrogens with one attached hydrogen (secondary N) is 1. The summed E-state index contributed by atoms with van der Waals surface area (Å²) in [6, 6.07) is 15.9. The molecule has 7 heteroatoms. The van der Waals surface area contributed by atoms with Crippen molar-refractivity contribution in [3.05, 3.63) is 88.0 Å². The number of sulfonamides is 1. The molecule has 0 spiro atoms. The van der Waals surface area contributed by atoms with E-state index in [1.807, 2.05) is 52.8 Å². The third kappa shape index (κ3) is 6.16. The van der Waals surface area contributed by atoms with E-state index in [1.54, 1.807) is 37.4 Å². The molecule has 37 heavy (non-hydrogen) atoms. The van der Waals surface area contributed by atoms with Crippen molar-refractivity contribution in [2.75, 3.05) is 18.0 Å². The first-order valence-corrected chi connectivity index (χ1v) is 13.9. The van der Waals surface area contributed by atoms with Crippen LogP contribution in [-0.2, 0) is 14.8 Å². The normalized spacial score (nSPS) is 12.4.